The SMILES string of the molecule is Cc1ccc(CNCC(C#N)C(F)(F)F)o1. The monoisotopic (exact) mass is 232 g/mol. The van der Waals surface area contributed by atoms with Gasteiger partial charge in [0.2, 0.25) is 0 Å². The van der Waals surface area contributed by atoms with Gasteiger partial charge in [-0.25, -0.2) is 0 Å². The van der Waals surface area contributed by atoms with E-state index in [0.29, 0.717) is 11.5 Å². The molecule has 88 valence electrons. The summed E-state index contributed by atoms with van der Waals surface area (Å²) in [7, 11) is 0. The molecule has 1 aromatic heterocycles. The smallest absolute Gasteiger partial charge is 0.405 e. The normalized spacial score (nSPS) is 13.4. The van der Waals surface area contributed by atoms with Crippen LogP contribution in [-0.2, 0) is 6.54 Å². The van der Waals surface area contributed by atoms with Crippen LogP contribution in [0.15, 0.2) is 16.5 Å². The van der Waals surface area contributed by atoms with Crippen molar-refractivity contribution in [3.63, 3.8) is 0 Å². The molecular formula is C10H11F3N2O. The molecule has 1 atom stereocenters. The van der Waals surface area contributed by atoms with Crippen LogP contribution in [0.3, 0.4) is 0 Å². The molecule has 0 bridgehead atoms. The van der Waals surface area contributed by atoms with E-state index in [1.54, 1.807) is 19.1 Å². The fourth-order valence-electron chi connectivity index (χ4n) is 1.15. The van der Waals surface area contributed by atoms with Gasteiger partial charge >= 0.3 is 6.18 Å². The molecule has 0 aliphatic heterocycles. The summed E-state index contributed by atoms with van der Waals surface area (Å²) in [5.74, 6) is -0.732. The molecule has 0 amide bonds. The standard InChI is InChI=1S/C10H11F3N2O/c1-7-2-3-9(16-7)6-15-5-8(4-14)10(11,12)13/h2-3,8,15H,5-6H2,1H3. The third-order valence-corrected chi connectivity index (χ3v) is 1.99. The minimum absolute atomic E-state index is 0.183. The largest absolute Gasteiger partial charge is 0.465 e. The van der Waals surface area contributed by atoms with Gasteiger partial charge in [0, 0.05) is 6.54 Å². The lowest BCUT2D eigenvalue weighted by Crippen LogP contribution is -2.32. The fraction of sp³-hybridized carbons (Fsp3) is 0.500. The number of rotatable bonds is 4. The molecule has 6 heteroatoms. The van der Waals surface area contributed by atoms with E-state index in [0.717, 1.165) is 0 Å². The van der Waals surface area contributed by atoms with Crippen LogP contribution < -0.4 is 5.32 Å². The number of furan rings is 1. The first-order chi connectivity index (χ1) is 7.43. The molecule has 1 unspecified atom stereocenters. The predicted octanol–water partition coefficient (Wildman–Crippen LogP) is 2.38. The van der Waals surface area contributed by atoms with Crippen molar-refractivity contribution < 1.29 is 17.6 Å². The van der Waals surface area contributed by atoms with Crippen LogP contribution in [0.5, 0.6) is 0 Å². The van der Waals surface area contributed by atoms with Crippen LogP contribution in [-0.4, -0.2) is 12.7 Å². The molecule has 0 fully saturated rings. The summed E-state index contributed by atoms with van der Waals surface area (Å²) in [6.45, 7) is 1.50. The Labute approximate surface area is 90.9 Å². The van der Waals surface area contributed by atoms with Crippen LogP contribution in [0.2, 0.25) is 0 Å². The van der Waals surface area contributed by atoms with Crippen molar-refractivity contribution in [1.82, 2.24) is 5.32 Å². The summed E-state index contributed by atoms with van der Waals surface area (Å²) < 4.78 is 41.7. The van der Waals surface area contributed by atoms with Gasteiger partial charge in [-0.05, 0) is 19.1 Å². The molecule has 0 aliphatic rings. The fourth-order valence-corrected chi connectivity index (χ4v) is 1.15. The van der Waals surface area contributed by atoms with Gasteiger partial charge in [0.25, 0.3) is 0 Å². The number of halogens is 3. The summed E-state index contributed by atoms with van der Waals surface area (Å²) in [5.41, 5.74) is 0. The van der Waals surface area contributed by atoms with Crippen LogP contribution in [0.25, 0.3) is 0 Å². The Bertz CT molecular complexity index is 378. The molecular weight excluding hydrogens is 221 g/mol. The lowest BCUT2D eigenvalue weighted by atomic mass is 10.1. The highest BCUT2D eigenvalue weighted by Crippen LogP contribution is 2.24. The lowest BCUT2D eigenvalue weighted by Gasteiger charge is -2.13. The molecule has 1 rings (SSSR count). The molecule has 0 radical (unpaired) electrons. The highest BCUT2D eigenvalue weighted by molar-refractivity contribution is 5.05. The topological polar surface area (TPSA) is 49.0 Å². The third-order valence-electron chi connectivity index (χ3n) is 1.99. The zero-order valence-corrected chi connectivity index (χ0v) is 8.64. The van der Waals surface area contributed by atoms with Crippen molar-refractivity contribution in [3.8, 4) is 6.07 Å². The van der Waals surface area contributed by atoms with E-state index in [1.807, 2.05) is 0 Å². The average Bonchev–Trinajstić information content (AvgIpc) is 2.57. The minimum atomic E-state index is -4.49. The number of nitriles is 1. The van der Waals surface area contributed by atoms with Gasteiger partial charge in [-0.15, -0.1) is 0 Å². The number of alkyl halides is 3. The Morgan fingerprint density at radius 1 is 1.50 bits per heavy atom. The molecule has 0 aliphatic carbocycles. The Hall–Kier alpha value is -1.48. The Kier molecular flexibility index (Phi) is 3.96. The summed E-state index contributed by atoms with van der Waals surface area (Å²) in [6, 6.07) is 4.62. The number of hydrogen-bond acceptors (Lipinski definition) is 3. The first-order valence-corrected chi connectivity index (χ1v) is 4.66. The maximum atomic E-state index is 12.2. The second-order valence-electron chi connectivity index (χ2n) is 3.37. The highest BCUT2D eigenvalue weighted by atomic mass is 19.4. The van der Waals surface area contributed by atoms with E-state index in [-0.39, 0.29) is 6.54 Å². The van der Waals surface area contributed by atoms with Gasteiger partial charge in [-0.1, -0.05) is 0 Å². The van der Waals surface area contributed by atoms with Gasteiger partial charge in [0.05, 0.1) is 12.6 Å². The Morgan fingerprint density at radius 3 is 2.62 bits per heavy atom. The second kappa shape index (κ2) is 5.03. The maximum absolute atomic E-state index is 12.2. The average molecular weight is 232 g/mol. The van der Waals surface area contributed by atoms with Gasteiger partial charge in [-0.3, -0.25) is 0 Å². The molecule has 0 spiro atoms. The highest BCUT2D eigenvalue weighted by Gasteiger charge is 2.39. The Morgan fingerprint density at radius 2 is 2.19 bits per heavy atom. The molecule has 1 heterocycles. The van der Waals surface area contributed by atoms with Crippen molar-refractivity contribution in [1.29, 1.82) is 5.26 Å². The summed E-state index contributed by atoms with van der Waals surface area (Å²) in [5, 5.41) is 10.9. The van der Waals surface area contributed by atoms with Crippen molar-refractivity contribution >= 4 is 0 Å². The van der Waals surface area contributed by atoms with E-state index in [9.17, 15) is 13.2 Å². The van der Waals surface area contributed by atoms with Crippen molar-refractivity contribution in [3.05, 3.63) is 23.7 Å². The first-order valence-electron chi connectivity index (χ1n) is 4.66. The molecule has 0 aromatic carbocycles. The summed E-state index contributed by atoms with van der Waals surface area (Å²) in [6.07, 6.45) is -4.49. The molecule has 0 saturated heterocycles. The first kappa shape index (κ1) is 12.6. The van der Waals surface area contributed by atoms with Gasteiger partial charge in [0.1, 0.15) is 11.5 Å². The van der Waals surface area contributed by atoms with E-state index < -0.39 is 18.6 Å². The van der Waals surface area contributed by atoms with E-state index in [1.165, 1.54) is 6.07 Å². The molecule has 3 nitrogen and oxygen atoms in total. The van der Waals surface area contributed by atoms with E-state index in [4.69, 9.17) is 9.68 Å². The van der Waals surface area contributed by atoms with Crippen LogP contribution >= 0.6 is 0 Å². The number of nitrogens with zero attached hydrogens (tertiary/aromatic N) is 1. The number of nitrogens with one attached hydrogen (secondary N) is 1. The summed E-state index contributed by atoms with van der Waals surface area (Å²) in [4.78, 5) is 0. The quantitative estimate of drug-likeness (QED) is 0.867. The third kappa shape index (κ3) is 3.59. The Balaban J connectivity index is 2.38. The van der Waals surface area contributed by atoms with Crippen LogP contribution in [0.4, 0.5) is 13.2 Å². The summed E-state index contributed by atoms with van der Waals surface area (Å²) >= 11 is 0. The molecule has 1 N–H and O–H groups in total. The maximum Gasteiger partial charge on any atom is 0.405 e. The van der Waals surface area contributed by atoms with Crippen LogP contribution in [0.1, 0.15) is 11.5 Å². The molecule has 1 aromatic rings. The zero-order valence-electron chi connectivity index (χ0n) is 8.64. The molecule has 0 saturated carbocycles. The van der Waals surface area contributed by atoms with E-state index in [2.05, 4.69) is 5.32 Å². The van der Waals surface area contributed by atoms with E-state index >= 15 is 0 Å². The number of hydrogen-bond donors (Lipinski definition) is 1. The molecule has 16 heavy (non-hydrogen) atoms. The predicted molar refractivity (Wildman–Crippen MR) is 50.3 cm³/mol. The van der Waals surface area contributed by atoms with Crippen molar-refractivity contribution in [2.24, 2.45) is 5.92 Å². The second-order valence-corrected chi connectivity index (χ2v) is 3.37. The van der Waals surface area contributed by atoms with Crippen molar-refractivity contribution in [2.75, 3.05) is 6.54 Å². The number of aryl methyl sites for hydroxylation is 1. The van der Waals surface area contributed by atoms with Gasteiger partial charge in [0.15, 0.2) is 5.92 Å². The van der Waals surface area contributed by atoms with Crippen LogP contribution in [0, 0.1) is 24.2 Å². The minimum Gasteiger partial charge on any atom is -0.465 e. The van der Waals surface area contributed by atoms with Crippen molar-refractivity contribution in [2.45, 2.75) is 19.6 Å². The van der Waals surface area contributed by atoms with Gasteiger partial charge < -0.3 is 9.73 Å². The lowest BCUT2D eigenvalue weighted by molar-refractivity contribution is -0.157. The van der Waals surface area contributed by atoms with Gasteiger partial charge in [-0.2, -0.15) is 18.4 Å². The zero-order chi connectivity index (χ0) is 12.2.